The van der Waals surface area contributed by atoms with Crippen molar-refractivity contribution in [1.29, 1.82) is 0 Å². The zero-order valence-corrected chi connectivity index (χ0v) is 25.4. The lowest BCUT2D eigenvalue weighted by Crippen LogP contribution is -2.58. The van der Waals surface area contributed by atoms with E-state index in [4.69, 9.17) is 11.6 Å². The minimum Gasteiger partial charge on any atom is -0.353 e. The normalized spacial score (nSPS) is 20.4. The number of likely N-dealkylation sites (tertiary alicyclic amines) is 1. The molecule has 0 radical (unpaired) electrons. The molecule has 38 heavy (non-hydrogen) atoms. The SMILES string of the molecule is CC[C@H]1CN(c2ncc(CNS(=O)(=O)N(C)C)cc2Cl)CCN1C1CCN(Cc2ccc(Br)cc2F)CC1. The molecule has 4 rings (SSSR count). The van der Waals surface area contributed by atoms with Crippen LogP contribution in [0.5, 0.6) is 0 Å². The molecule has 2 aliphatic rings. The van der Waals surface area contributed by atoms with Crippen LogP contribution in [0.3, 0.4) is 0 Å². The molecule has 2 saturated heterocycles. The molecule has 0 saturated carbocycles. The van der Waals surface area contributed by atoms with Gasteiger partial charge < -0.3 is 4.90 Å². The van der Waals surface area contributed by atoms with Crippen LogP contribution < -0.4 is 9.62 Å². The van der Waals surface area contributed by atoms with Gasteiger partial charge in [0.15, 0.2) is 0 Å². The number of piperidine rings is 1. The second-order valence-corrected chi connectivity index (χ2v) is 13.5. The Morgan fingerprint density at radius 1 is 1.18 bits per heavy atom. The van der Waals surface area contributed by atoms with Gasteiger partial charge in [0.05, 0.1) is 5.02 Å². The number of anilines is 1. The van der Waals surface area contributed by atoms with E-state index >= 15 is 0 Å². The molecule has 210 valence electrons. The van der Waals surface area contributed by atoms with Gasteiger partial charge in [0.25, 0.3) is 10.2 Å². The van der Waals surface area contributed by atoms with Crippen LogP contribution >= 0.6 is 27.5 Å². The lowest BCUT2D eigenvalue weighted by atomic mass is 9.97. The summed E-state index contributed by atoms with van der Waals surface area (Å²) in [7, 11) is -0.553. The van der Waals surface area contributed by atoms with Crippen molar-refractivity contribution in [2.45, 2.75) is 51.4 Å². The van der Waals surface area contributed by atoms with Crippen molar-refractivity contribution in [3.8, 4) is 0 Å². The molecule has 1 N–H and O–H groups in total. The molecule has 1 atom stereocenters. The number of piperazine rings is 1. The van der Waals surface area contributed by atoms with Gasteiger partial charge in [0.2, 0.25) is 0 Å². The van der Waals surface area contributed by atoms with E-state index in [-0.39, 0.29) is 12.4 Å². The summed E-state index contributed by atoms with van der Waals surface area (Å²) < 4.78 is 42.7. The lowest BCUT2D eigenvalue weighted by molar-refractivity contribution is 0.0607. The highest BCUT2D eigenvalue weighted by Gasteiger charge is 2.34. The van der Waals surface area contributed by atoms with Gasteiger partial charge in [0, 0.05) is 75.1 Å². The van der Waals surface area contributed by atoms with Crippen LogP contribution in [-0.4, -0.2) is 86.4 Å². The van der Waals surface area contributed by atoms with E-state index in [1.807, 2.05) is 12.1 Å². The number of aromatic nitrogens is 1. The fourth-order valence-electron chi connectivity index (χ4n) is 5.31. The Kier molecular flexibility index (Phi) is 10.0. The third-order valence-corrected chi connectivity index (χ3v) is 9.79. The first kappa shape index (κ1) is 29.6. The third-order valence-electron chi connectivity index (χ3n) is 7.55. The van der Waals surface area contributed by atoms with E-state index in [1.165, 1.54) is 20.2 Å². The smallest absolute Gasteiger partial charge is 0.279 e. The largest absolute Gasteiger partial charge is 0.353 e. The molecule has 8 nitrogen and oxygen atoms in total. The maximum absolute atomic E-state index is 14.3. The highest BCUT2D eigenvalue weighted by Crippen LogP contribution is 2.30. The predicted molar refractivity (Wildman–Crippen MR) is 154 cm³/mol. The van der Waals surface area contributed by atoms with Crippen molar-refractivity contribution in [1.82, 2.24) is 23.8 Å². The van der Waals surface area contributed by atoms with Gasteiger partial charge in [0.1, 0.15) is 11.6 Å². The number of nitrogens with one attached hydrogen (secondary N) is 1. The molecule has 3 heterocycles. The molecule has 0 unspecified atom stereocenters. The monoisotopic (exact) mass is 630 g/mol. The van der Waals surface area contributed by atoms with E-state index < -0.39 is 10.2 Å². The zero-order valence-electron chi connectivity index (χ0n) is 22.2. The van der Waals surface area contributed by atoms with E-state index in [2.05, 4.69) is 47.3 Å². The minimum atomic E-state index is -3.52. The average molecular weight is 632 g/mol. The Hall–Kier alpha value is -1.34. The zero-order chi connectivity index (χ0) is 27.4. The molecular formula is C26H37BrClFN6O2S. The fourth-order valence-corrected chi connectivity index (χ4v) is 6.56. The van der Waals surface area contributed by atoms with Crippen LogP contribution in [0.1, 0.15) is 37.3 Å². The molecule has 2 aliphatic heterocycles. The summed E-state index contributed by atoms with van der Waals surface area (Å²) in [6, 6.07) is 8.01. The summed E-state index contributed by atoms with van der Waals surface area (Å²) in [6.45, 7) is 7.54. The van der Waals surface area contributed by atoms with Gasteiger partial charge in [-0.05, 0) is 56.1 Å². The maximum atomic E-state index is 14.3. The number of pyridine rings is 1. The van der Waals surface area contributed by atoms with E-state index in [9.17, 15) is 12.8 Å². The van der Waals surface area contributed by atoms with Gasteiger partial charge in [-0.15, -0.1) is 0 Å². The second kappa shape index (κ2) is 12.9. The first-order valence-corrected chi connectivity index (χ1v) is 15.7. The Morgan fingerprint density at radius 3 is 2.55 bits per heavy atom. The van der Waals surface area contributed by atoms with E-state index in [0.717, 1.165) is 72.1 Å². The molecule has 0 spiro atoms. The lowest BCUT2D eigenvalue weighted by Gasteiger charge is -2.47. The van der Waals surface area contributed by atoms with Crippen molar-refractivity contribution < 1.29 is 12.8 Å². The number of rotatable bonds is 9. The van der Waals surface area contributed by atoms with Gasteiger partial charge in [-0.1, -0.05) is 40.5 Å². The molecule has 2 aromatic rings. The Labute approximate surface area is 239 Å². The quantitative estimate of drug-likeness (QED) is 0.450. The molecule has 2 fully saturated rings. The van der Waals surface area contributed by atoms with Crippen LogP contribution in [0, 0.1) is 5.82 Å². The summed E-state index contributed by atoms with van der Waals surface area (Å²) in [5, 5.41) is 0.531. The van der Waals surface area contributed by atoms with Crippen LogP contribution in [0.15, 0.2) is 34.9 Å². The van der Waals surface area contributed by atoms with Crippen LogP contribution in [0.25, 0.3) is 0 Å². The van der Waals surface area contributed by atoms with Crippen molar-refractivity contribution in [2.24, 2.45) is 0 Å². The van der Waals surface area contributed by atoms with Crippen molar-refractivity contribution in [2.75, 3.05) is 51.7 Å². The summed E-state index contributed by atoms with van der Waals surface area (Å²) in [4.78, 5) is 11.8. The average Bonchev–Trinajstić information content (AvgIpc) is 2.89. The molecule has 1 aromatic carbocycles. The Bertz CT molecular complexity index is 1210. The summed E-state index contributed by atoms with van der Waals surface area (Å²) in [5.74, 6) is 0.592. The van der Waals surface area contributed by atoms with Gasteiger partial charge in [-0.2, -0.15) is 17.4 Å². The van der Waals surface area contributed by atoms with E-state index in [0.29, 0.717) is 29.2 Å². The number of halogens is 3. The Balaban J connectivity index is 1.32. The molecule has 0 bridgehead atoms. The highest BCUT2D eigenvalue weighted by molar-refractivity contribution is 9.10. The molecule has 1 aromatic heterocycles. The van der Waals surface area contributed by atoms with Crippen molar-refractivity contribution >= 4 is 43.6 Å². The number of hydrogen-bond acceptors (Lipinski definition) is 6. The molecule has 0 amide bonds. The van der Waals surface area contributed by atoms with Gasteiger partial charge in [-0.25, -0.2) is 9.37 Å². The Morgan fingerprint density at radius 2 is 1.92 bits per heavy atom. The summed E-state index contributed by atoms with van der Waals surface area (Å²) >= 11 is 9.94. The summed E-state index contributed by atoms with van der Waals surface area (Å²) in [6.07, 6.45) is 4.87. The minimum absolute atomic E-state index is 0.131. The standard InChI is InChI=1S/C26H37BrClFN6O2S/c1-4-22-18-34(26-24(28)13-19(15-30-26)16-31-38(36,37)32(2)3)11-12-35(22)23-7-9-33(10-8-23)17-20-5-6-21(27)14-25(20)29/h5-6,13-15,22-23,31H,4,7-12,16-18H2,1-3H3/t22-/m0/s1. The van der Waals surface area contributed by atoms with Gasteiger partial charge >= 0.3 is 0 Å². The first-order valence-electron chi connectivity index (χ1n) is 13.1. The van der Waals surface area contributed by atoms with Crippen molar-refractivity contribution in [3.05, 3.63) is 56.9 Å². The third kappa shape index (κ3) is 7.24. The highest BCUT2D eigenvalue weighted by atomic mass is 79.9. The molecular weight excluding hydrogens is 595 g/mol. The number of hydrogen-bond donors (Lipinski definition) is 1. The van der Waals surface area contributed by atoms with Crippen LogP contribution in [0.4, 0.5) is 10.2 Å². The van der Waals surface area contributed by atoms with Crippen LogP contribution in [0.2, 0.25) is 5.02 Å². The molecule has 12 heteroatoms. The summed E-state index contributed by atoms with van der Waals surface area (Å²) in [5.41, 5.74) is 1.46. The predicted octanol–water partition coefficient (Wildman–Crippen LogP) is 4.10. The number of benzene rings is 1. The van der Waals surface area contributed by atoms with Crippen LogP contribution in [-0.2, 0) is 23.3 Å². The topological polar surface area (TPSA) is 72.0 Å². The number of nitrogens with zero attached hydrogens (tertiary/aromatic N) is 5. The van der Waals surface area contributed by atoms with Gasteiger partial charge in [-0.3, -0.25) is 9.80 Å². The molecule has 0 aliphatic carbocycles. The second-order valence-electron chi connectivity index (χ2n) is 10.2. The maximum Gasteiger partial charge on any atom is 0.279 e. The fraction of sp³-hybridized carbons (Fsp3) is 0.577. The van der Waals surface area contributed by atoms with E-state index in [1.54, 1.807) is 12.3 Å². The van der Waals surface area contributed by atoms with Crippen molar-refractivity contribution in [3.63, 3.8) is 0 Å². The first-order chi connectivity index (χ1) is 18.1.